The number of carbonyl (C=O) groups is 1. The van der Waals surface area contributed by atoms with Crippen LogP contribution in [0.15, 0.2) is 16.9 Å². The second kappa shape index (κ2) is 5.09. The summed E-state index contributed by atoms with van der Waals surface area (Å²) in [6.07, 6.45) is 0.269. The van der Waals surface area contributed by atoms with Gasteiger partial charge >= 0.3 is 0 Å². The van der Waals surface area contributed by atoms with Gasteiger partial charge in [-0.15, -0.1) is 0 Å². The zero-order valence-corrected chi connectivity index (χ0v) is 13.2. The van der Waals surface area contributed by atoms with Gasteiger partial charge in [-0.05, 0) is 44.4 Å². The largest absolute Gasteiger partial charge is 0.310 e. The minimum absolute atomic E-state index is 0.102. The van der Waals surface area contributed by atoms with Crippen LogP contribution in [0.25, 0.3) is 0 Å². The lowest BCUT2D eigenvalue weighted by Gasteiger charge is -2.27. The summed E-state index contributed by atoms with van der Waals surface area (Å²) in [6.45, 7) is 7.80. The summed E-state index contributed by atoms with van der Waals surface area (Å²) in [7, 11) is 0. The van der Waals surface area contributed by atoms with Crippen LogP contribution >= 0.6 is 0 Å². The predicted molar refractivity (Wildman–Crippen MR) is 85.3 cm³/mol. The summed E-state index contributed by atoms with van der Waals surface area (Å²) in [5.41, 5.74) is 4.81. The van der Waals surface area contributed by atoms with E-state index in [1.165, 1.54) is 5.56 Å². The predicted octanol–water partition coefficient (Wildman–Crippen LogP) is 2.48. The zero-order valence-electron chi connectivity index (χ0n) is 13.2. The first-order valence-electron chi connectivity index (χ1n) is 7.35. The number of carbonyl (C=O) groups excluding carboxylic acids is 1. The average Bonchev–Trinajstić information content (AvgIpc) is 2.35. The summed E-state index contributed by atoms with van der Waals surface area (Å²) < 4.78 is 0. The third kappa shape index (κ3) is 2.32. The molecule has 114 valence electrons. The minimum atomic E-state index is -0.249. The van der Waals surface area contributed by atoms with Gasteiger partial charge in [-0.3, -0.25) is 9.59 Å². The van der Waals surface area contributed by atoms with Crippen molar-refractivity contribution in [3.8, 4) is 0 Å². The van der Waals surface area contributed by atoms with Crippen LogP contribution in [0, 0.1) is 27.7 Å². The molecule has 0 radical (unpaired) electrons. The first-order chi connectivity index (χ1) is 10.4. The molecule has 5 nitrogen and oxygen atoms in total. The molecule has 0 aliphatic carbocycles. The summed E-state index contributed by atoms with van der Waals surface area (Å²) in [5, 5.41) is 2.72. The Labute approximate surface area is 128 Å². The van der Waals surface area contributed by atoms with Crippen molar-refractivity contribution >= 4 is 11.7 Å². The maximum absolute atomic E-state index is 12.4. The van der Waals surface area contributed by atoms with Gasteiger partial charge in [-0.2, -0.15) is 0 Å². The van der Waals surface area contributed by atoms with E-state index in [0.717, 1.165) is 16.7 Å². The topological polar surface area (TPSA) is 74.8 Å². The highest BCUT2D eigenvalue weighted by Gasteiger charge is 2.32. The highest BCUT2D eigenvalue weighted by molar-refractivity contribution is 5.94. The van der Waals surface area contributed by atoms with E-state index in [4.69, 9.17) is 0 Å². The van der Waals surface area contributed by atoms with Crippen LogP contribution in [-0.4, -0.2) is 15.9 Å². The number of aryl methyl sites for hydroxylation is 4. The monoisotopic (exact) mass is 297 g/mol. The molecule has 3 rings (SSSR count). The number of amides is 1. The normalized spacial score (nSPS) is 17.1. The van der Waals surface area contributed by atoms with Crippen LogP contribution in [0.3, 0.4) is 0 Å². The maximum Gasteiger partial charge on any atom is 0.256 e. The minimum Gasteiger partial charge on any atom is -0.310 e. The Morgan fingerprint density at radius 2 is 1.68 bits per heavy atom. The molecule has 2 heterocycles. The van der Waals surface area contributed by atoms with Gasteiger partial charge < -0.3 is 10.3 Å². The number of anilines is 1. The molecule has 1 aliphatic rings. The van der Waals surface area contributed by atoms with E-state index in [9.17, 15) is 9.59 Å². The Balaban J connectivity index is 2.27. The first-order valence-corrected chi connectivity index (χ1v) is 7.35. The molecule has 5 heteroatoms. The molecule has 0 saturated carbocycles. The number of aromatic nitrogens is 2. The zero-order chi connectivity index (χ0) is 16.0. The van der Waals surface area contributed by atoms with Crippen LogP contribution < -0.4 is 10.9 Å². The number of hydrogen-bond donors (Lipinski definition) is 2. The van der Waals surface area contributed by atoms with Crippen molar-refractivity contribution < 1.29 is 4.79 Å². The van der Waals surface area contributed by atoms with Gasteiger partial charge in [-0.1, -0.05) is 17.7 Å². The summed E-state index contributed by atoms with van der Waals surface area (Å²) in [4.78, 5) is 31.5. The van der Waals surface area contributed by atoms with Crippen LogP contribution in [0.4, 0.5) is 5.82 Å². The highest BCUT2D eigenvalue weighted by atomic mass is 16.2. The van der Waals surface area contributed by atoms with Crippen LogP contribution in [0.5, 0.6) is 0 Å². The van der Waals surface area contributed by atoms with E-state index < -0.39 is 0 Å². The smallest absolute Gasteiger partial charge is 0.256 e. The fraction of sp³-hybridized carbons (Fsp3) is 0.353. The Hall–Kier alpha value is -2.43. The van der Waals surface area contributed by atoms with E-state index in [0.29, 0.717) is 17.2 Å². The van der Waals surface area contributed by atoms with Gasteiger partial charge in [0, 0.05) is 12.3 Å². The third-order valence-electron chi connectivity index (χ3n) is 4.16. The van der Waals surface area contributed by atoms with Crippen LogP contribution in [0.1, 0.15) is 46.0 Å². The van der Waals surface area contributed by atoms with E-state index in [2.05, 4.69) is 27.4 Å². The number of H-pyrrole nitrogens is 1. The standard InChI is InChI=1S/C17H19N3O2/c1-8-5-9(2)14(10(3)6-8)12-7-13(21)20-16-15(12)17(22)19-11(4)18-16/h5-6,12H,7H2,1-4H3,(H2,18,19,20,21,22)/t12-/m0/s1. The Kier molecular flexibility index (Phi) is 3.35. The third-order valence-corrected chi connectivity index (χ3v) is 4.16. The summed E-state index contributed by atoms with van der Waals surface area (Å²) in [6, 6.07) is 4.18. The lowest BCUT2D eigenvalue weighted by molar-refractivity contribution is -0.116. The summed E-state index contributed by atoms with van der Waals surface area (Å²) in [5.74, 6) is 0.541. The molecule has 0 saturated heterocycles. The fourth-order valence-corrected chi connectivity index (χ4v) is 3.47. The second-order valence-corrected chi connectivity index (χ2v) is 6.03. The highest BCUT2D eigenvalue weighted by Crippen LogP contribution is 2.37. The maximum atomic E-state index is 12.4. The van der Waals surface area contributed by atoms with Crippen molar-refractivity contribution in [1.82, 2.24) is 9.97 Å². The number of nitrogens with one attached hydrogen (secondary N) is 2. The van der Waals surface area contributed by atoms with Crippen molar-refractivity contribution in [3.63, 3.8) is 0 Å². The Morgan fingerprint density at radius 1 is 1.05 bits per heavy atom. The van der Waals surface area contributed by atoms with E-state index in [1.807, 2.05) is 20.8 Å². The molecular formula is C17H19N3O2. The molecule has 2 aromatic rings. The van der Waals surface area contributed by atoms with Crippen molar-refractivity contribution in [2.75, 3.05) is 5.32 Å². The lowest BCUT2D eigenvalue weighted by atomic mass is 9.81. The first kappa shape index (κ1) is 14.5. The quantitative estimate of drug-likeness (QED) is 0.849. The van der Waals surface area contributed by atoms with Crippen molar-refractivity contribution in [2.45, 2.75) is 40.0 Å². The van der Waals surface area contributed by atoms with Crippen molar-refractivity contribution in [1.29, 1.82) is 0 Å². The fourth-order valence-electron chi connectivity index (χ4n) is 3.47. The number of nitrogens with zero attached hydrogens (tertiary/aromatic N) is 1. The van der Waals surface area contributed by atoms with Gasteiger partial charge in [0.15, 0.2) is 0 Å². The number of hydrogen-bond acceptors (Lipinski definition) is 3. The van der Waals surface area contributed by atoms with Gasteiger partial charge in [0.1, 0.15) is 11.6 Å². The Morgan fingerprint density at radius 3 is 2.32 bits per heavy atom. The van der Waals surface area contributed by atoms with Crippen LogP contribution in [0.2, 0.25) is 0 Å². The second-order valence-electron chi connectivity index (χ2n) is 6.03. The molecule has 1 atom stereocenters. The van der Waals surface area contributed by atoms with E-state index >= 15 is 0 Å². The van der Waals surface area contributed by atoms with Gasteiger partial charge in [0.2, 0.25) is 5.91 Å². The molecule has 0 bridgehead atoms. The summed E-state index contributed by atoms with van der Waals surface area (Å²) >= 11 is 0. The molecule has 1 aromatic carbocycles. The lowest BCUT2D eigenvalue weighted by Crippen LogP contribution is -2.32. The molecule has 0 spiro atoms. The van der Waals surface area contributed by atoms with Gasteiger partial charge in [0.05, 0.1) is 5.56 Å². The SMILES string of the molecule is Cc1cc(C)c([C@@H]2CC(=O)Nc3nc(C)[nH]c(=O)c32)c(C)c1. The van der Waals surface area contributed by atoms with Gasteiger partial charge in [0.25, 0.3) is 5.56 Å². The Bertz CT molecular complexity index is 813. The van der Waals surface area contributed by atoms with E-state index in [1.54, 1.807) is 6.92 Å². The average molecular weight is 297 g/mol. The molecule has 22 heavy (non-hydrogen) atoms. The molecular weight excluding hydrogens is 278 g/mol. The van der Waals surface area contributed by atoms with Crippen molar-refractivity contribution in [3.05, 3.63) is 56.1 Å². The number of aromatic amines is 1. The van der Waals surface area contributed by atoms with Crippen molar-refractivity contribution in [2.24, 2.45) is 0 Å². The molecule has 1 amide bonds. The molecule has 1 aliphatic heterocycles. The van der Waals surface area contributed by atoms with Gasteiger partial charge in [-0.25, -0.2) is 4.98 Å². The molecule has 0 unspecified atom stereocenters. The molecule has 0 fully saturated rings. The molecule has 1 aromatic heterocycles. The van der Waals surface area contributed by atoms with E-state index in [-0.39, 0.29) is 23.8 Å². The number of fused-ring (bicyclic) bond motifs is 1. The number of benzene rings is 1. The molecule has 2 N–H and O–H groups in total. The van der Waals surface area contributed by atoms with Crippen LogP contribution in [-0.2, 0) is 4.79 Å². The number of rotatable bonds is 1.